The number of nitrogens with zero attached hydrogens (tertiary/aromatic N) is 5. The van der Waals surface area contributed by atoms with Crippen LogP contribution in [0.4, 0.5) is 5.82 Å². The summed E-state index contributed by atoms with van der Waals surface area (Å²) in [7, 11) is 1.95. The Morgan fingerprint density at radius 2 is 2.17 bits per heavy atom. The molecule has 0 aromatic carbocycles. The molecule has 0 saturated heterocycles. The molecule has 2 aliphatic carbocycles. The molecule has 7 heteroatoms. The number of aromatic nitrogens is 4. The van der Waals surface area contributed by atoms with Crippen LogP contribution in [0.5, 0.6) is 0 Å². The molecule has 2 aromatic heterocycles. The van der Waals surface area contributed by atoms with Gasteiger partial charge in [-0.05, 0) is 43.3 Å². The molecule has 0 bridgehead atoms. The van der Waals surface area contributed by atoms with Gasteiger partial charge in [0, 0.05) is 56.5 Å². The van der Waals surface area contributed by atoms with Crippen LogP contribution in [0.15, 0.2) is 30.1 Å². The van der Waals surface area contributed by atoms with Gasteiger partial charge in [-0.2, -0.15) is 10.2 Å². The average Bonchev–Trinajstić information content (AvgIpc) is 3.34. The van der Waals surface area contributed by atoms with Crippen molar-refractivity contribution in [3.05, 3.63) is 46.9 Å². The second-order valence-corrected chi connectivity index (χ2v) is 8.95. The Labute approximate surface area is 177 Å². The van der Waals surface area contributed by atoms with Gasteiger partial charge in [0.25, 0.3) is 0 Å². The molecule has 0 spiro atoms. The van der Waals surface area contributed by atoms with E-state index in [0.29, 0.717) is 6.54 Å². The normalized spacial score (nSPS) is 21.2. The number of anilines is 1. The fourth-order valence-corrected chi connectivity index (χ4v) is 4.55. The van der Waals surface area contributed by atoms with Crippen LogP contribution in [-0.4, -0.2) is 43.0 Å². The first-order valence-electron chi connectivity index (χ1n) is 11.0. The smallest absolute Gasteiger partial charge is 0.219 e. The van der Waals surface area contributed by atoms with Gasteiger partial charge < -0.3 is 10.2 Å². The average molecular weight is 407 g/mol. The highest BCUT2D eigenvalue weighted by atomic mass is 16.2. The zero-order chi connectivity index (χ0) is 20.8. The number of carbonyl (C=O) groups excluding carboxylic acids is 1. The van der Waals surface area contributed by atoms with Crippen molar-refractivity contribution in [1.29, 1.82) is 0 Å². The fraction of sp³-hybridized carbons (Fsp3) is 0.522. The fourth-order valence-electron chi connectivity index (χ4n) is 4.55. The van der Waals surface area contributed by atoms with Crippen LogP contribution in [0.3, 0.4) is 0 Å². The zero-order valence-corrected chi connectivity index (χ0v) is 18.1. The number of allylic oxidation sites excluding steroid dienone is 2. The van der Waals surface area contributed by atoms with E-state index in [9.17, 15) is 4.79 Å². The maximum atomic E-state index is 12.0. The number of amides is 1. The molecule has 158 valence electrons. The van der Waals surface area contributed by atoms with Gasteiger partial charge in [0.1, 0.15) is 0 Å². The van der Waals surface area contributed by atoms with E-state index < -0.39 is 0 Å². The minimum Gasteiger partial charge on any atom is -0.362 e. The number of nitrogens with one attached hydrogen (secondary N) is 1. The summed E-state index contributed by atoms with van der Waals surface area (Å²) < 4.78 is 4.05. The maximum absolute atomic E-state index is 12.0. The summed E-state index contributed by atoms with van der Waals surface area (Å²) in [6.45, 7) is 6.26. The minimum absolute atomic E-state index is 0.136. The Balaban J connectivity index is 1.43. The van der Waals surface area contributed by atoms with Crippen LogP contribution in [0.25, 0.3) is 5.57 Å². The van der Waals surface area contributed by atoms with Crippen molar-refractivity contribution in [2.24, 2.45) is 13.0 Å². The van der Waals surface area contributed by atoms with E-state index >= 15 is 0 Å². The summed E-state index contributed by atoms with van der Waals surface area (Å²) in [5.74, 6) is 1.85. The van der Waals surface area contributed by atoms with Crippen LogP contribution in [0.1, 0.15) is 49.9 Å². The molecular formula is C23H30N6O. The summed E-state index contributed by atoms with van der Waals surface area (Å²) in [6, 6.07) is 0.171. The van der Waals surface area contributed by atoms with Crippen molar-refractivity contribution in [1.82, 2.24) is 24.5 Å². The Hall–Kier alpha value is -2.83. The number of rotatable bonds is 5. The number of aryl methyl sites for hydroxylation is 1. The second-order valence-electron chi connectivity index (χ2n) is 8.95. The Morgan fingerprint density at radius 3 is 2.87 bits per heavy atom. The molecule has 0 radical (unpaired) electrons. The predicted molar refractivity (Wildman–Crippen MR) is 117 cm³/mol. The van der Waals surface area contributed by atoms with E-state index in [1.165, 1.54) is 35.2 Å². The molecule has 2 aromatic rings. The summed E-state index contributed by atoms with van der Waals surface area (Å²) >= 11 is 0. The van der Waals surface area contributed by atoms with Gasteiger partial charge >= 0.3 is 0 Å². The van der Waals surface area contributed by atoms with E-state index in [-0.39, 0.29) is 11.9 Å². The van der Waals surface area contributed by atoms with E-state index in [2.05, 4.69) is 40.4 Å². The standard InChI is InChI=1S/C23H30N6O/c1-15-4-7-19(10-20(15)18-11-24-27(3)13-18)25-23-21-14-28(16(2)30)9-8-22(21)29(26-23)12-17-5-6-17/h4,10-11,13,17,19H,5-9,12,14H2,1-3H3,(H,25,26). The first-order chi connectivity index (χ1) is 14.5. The predicted octanol–water partition coefficient (Wildman–Crippen LogP) is 3.15. The molecule has 3 heterocycles. The van der Waals surface area contributed by atoms with Crippen LogP contribution < -0.4 is 5.32 Å². The van der Waals surface area contributed by atoms with Gasteiger partial charge in [-0.15, -0.1) is 0 Å². The largest absolute Gasteiger partial charge is 0.362 e. The molecule has 30 heavy (non-hydrogen) atoms. The van der Waals surface area contributed by atoms with Crippen LogP contribution in [0, 0.1) is 5.92 Å². The Morgan fingerprint density at radius 1 is 1.33 bits per heavy atom. The van der Waals surface area contributed by atoms with Gasteiger partial charge in [-0.3, -0.25) is 14.2 Å². The number of fused-ring (bicyclic) bond motifs is 1. The summed E-state index contributed by atoms with van der Waals surface area (Å²) in [5, 5.41) is 13.0. The third-order valence-electron chi connectivity index (χ3n) is 6.52. The van der Waals surface area contributed by atoms with Crippen LogP contribution in [-0.2, 0) is 31.4 Å². The van der Waals surface area contributed by atoms with E-state index in [4.69, 9.17) is 5.10 Å². The SMILES string of the molecule is CC(=O)N1CCc2c(c(NC3C=C(c4cnn(C)c4)C(C)=CC3)nn2CC2CC2)C1. The topological polar surface area (TPSA) is 68.0 Å². The first kappa shape index (κ1) is 19.2. The van der Waals surface area contributed by atoms with Gasteiger partial charge in [-0.25, -0.2) is 0 Å². The monoisotopic (exact) mass is 406 g/mol. The first-order valence-corrected chi connectivity index (χ1v) is 11.0. The molecule has 1 atom stereocenters. The number of hydrogen-bond acceptors (Lipinski definition) is 4. The Kier molecular flexibility index (Phi) is 4.76. The number of hydrogen-bond donors (Lipinski definition) is 1. The maximum Gasteiger partial charge on any atom is 0.219 e. The number of carbonyl (C=O) groups is 1. The molecule has 1 N–H and O–H groups in total. The van der Waals surface area contributed by atoms with Gasteiger partial charge in [0.15, 0.2) is 5.82 Å². The van der Waals surface area contributed by atoms with E-state index in [0.717, 1.165) is 43.2 Å². The molecule has 1 amide bonds. The molecule has 7 nitrogen and oxygen atoms in total. The lowest BCUT2D eigenvalue weighted by Gasteiger charge is -2.27. The van der Waals surface area contributed by atoms with Crippen molar-refractivity contribution in [3.8, 4) is 0 Å². The lowest BCUT2D eigenvalue weighted by Crippen LogP contribution is -2.35. The third kappa shape index (κ3) is 3.68. The highest BCUT2D eigenvalue weighted by molar-refractivity contribution is 5.80. The lowest BCUT2D eigenvalue weighted by molar-refractivity contribution is -0.129. The van der Waals surface area contributed by atoms with E-state index in [1.807, 2.05) is 22.8 Å². The van der Waals surface area contributed by atoms with Gasteiger partial charge in [-0.1, -0.05) is 12.2 Å². The van der Waals surface area contributed by atoms with Gasteiger partial charge in [0.05, 0.1) is 18.8 Å². The summed E-state index contributed by atoms with van der Waals surface area (Å²) in [6.07, 6.45) is 13.0. The highest BCUT2D eigenvalue weighted by Gasteiger charge is 2.30. The van der Waals surface area contributed by atoms with Crippen molar-refractivity contribution >= 4 is 17.3 Å². The highest BCUT2D eigenvalue weighted by Crippen LogP contribution is 2.35. The van der Waals surface area contributed by atoms with Gasteiger partial charge in [0.2, 0.25) is 5.91 Å². The molecule has 1 unspecified atom stereocenters. The van der Waals surface area contributed by atoms with Crippen LogP contribution >= 0.6 is 0 Å². The molecular weight excluding hydrogens is 376 g/mol. The van der Waals surface area contributed by atoms with Crippen molar-refractivity contribution < 1.29 is 4.79 Å². The summed E-state index contributed by atoms with van der Waals surface area (Å²) in [5.41, 5.74) is 6.15. The molecule has 1 saturated carbocycles. The summed E-state index contributed by atoms with van der Waals surface area (Å²) in [4.78, 5) is 13.9. The van der Waals surface area contributed by atoms with Crippen molar-refractivity contribution in [2.75, 3.05) is 11.9 Å². The second kappa shape index (κ2) is 7.45. The molecule has 1 aliphatic heterocycles. The molecule has 5 rings (SSSR count). The minimum atomic E-state index is 0.136. The van der Waals surface area contributed by atoms with Crippen molar-refractivity contribution in [3.63, 3.8) is 0 Å². The zero-order valence-electron chi connectivity index (χ0n) is 18.1. The third-order valence-corrected chi connectivity index (χ3v) is 6.52. The van der Waals surface area contributed by atoms with Crippen LogP contribution in [0.2, 0.25) is 0 Å². The van der Waals surface area contributed by atoms with Crippen molar-refractivity contribution in [2.45, 2.75) is 58.7 Å². The Bertz CT molecular complexity index is 1040. The molecule has 1 fully saturated rings. The molecule has 3 aliphatic rings. The van der Waals surface area contributed by atoms with E-state index in [1.54, 1.807) is 6.92 Å². The quantitative estimate of drug-likeness (QED) is 0.828. The lowest BCUT2D eigenvalue weighted by atomic mass is 9.92.